The van der Waals surface area contributed by atoms with Crippen LogP contribution >= 0.6 is 0 Å². The Morgan fingerprint density at radius 2 is 1.77 bits per heavy atom. The maximum absolute atomic E-state index is 13.3. The van der Waals surface area contributed by atoms with Crippen molar-refractivity contribution < 1.29 is 4.79 Å². The Morgan fingerprint density at radius 3 is 2.52 bits per heavy atom. The topological polar surface area (TPSA) is 52.7 Å². The summed E-state index contributed by atoms with van der Waals surface area (Å²) in [6.07, 6.45) is 1.74. The van der Waals surface area contributed by atoms with Crippen LogP contribution in [0.5, 0.6) is 0 Å². The van der Waals surface area contributed by atoms with Gasteiger partial charge in [-0.1, -0.05) is 39.0 Å². The largest absolute Gasteiger partial charge is 0.537 e. The van der Waals surface area contributed by atoms with Gasteiger partial charge in [-0.3, -0.25) is 9.69 Å². The molecule has 0 aliphatic carbocycles. The van der Waals surface area contributed by atoms with Crippen LogP contribution in [0.2, 0.25) is 0 Å². The van der Waals surface area contributed by atoms with Crippen molar-refractivity contribution >= 4 is 17.9 Å². The molecule has 0 spiro atoms. The first-order chi connectivity index (χ1) is 19.1. The van der Waals surface area contributed by atoms with Crippen molar-refractivity contribution in [3.63, 3.8) is 0 Å². The van der Waals surface area contributed by atoms with Gasteiger partial charge in [-0.2, -0.15) is 0 Å². The number of rotatable bonds is 4. The number of piperazine rings is 1. The van der Waals surface area contributed by atoms with E-state index in [0.717, 1.165) is 60.3 Å². The number of nitrogens with zero attached hydrogens (tertiary/aromatic N) is 4. The van der Waals surface area contributed by atoms with Crippen LogP contribution in [0.3, 0.4) is 0 Å². The number of nitrogens with one attached hydrogen (secondary N) is 1. The molecule has 2 heterocycles. The fourth-order valence-electron chi connectivity index (χ4n) is 5.17. The van der Waals surface area contributed by atoms with E-state index in [9.17, 15) is 4.79 Å². The number of hydrogen-bond acceptors (Lipinski definition) is 3. The minimum Gasteiger partial charge on any atom is -0.322 e. The first-order valence-electron chi connectivity index (χ1n) is 14.0. The quantitative estimate of drug-likeness (QED) is 0.319. The van der Waals surface area contributed by atoms with Gasteiger partial charge in [0.2, 0.25) is 6.04 Å². The monoisotopic (exact) mass is 533 g/mol. The van der Waals surface area contributed by atoms with E-state index in [0.29, 0.717) is 5.56 Å². The minimum absolute atomic E-state index is 0.0363. The Bertz CT molecular complexity index is 1690. The van der Waals surface area contributed by atoms with Crippen molar-refractivity contribution in [3.8, 4) is 12.0 Å². The molecule has 204 valence electrons. The summed E-state index contributed by atoms with van der Waals surface area (Å²) >= 11 is 0. The number of amides is 1. The highest BCUT2D eigenvalue weighted by Gasteiger charge is 2.22. The van der Waals surface area contributed by atoms with Crippen molar-refractivity contribution in [1.82, 2.24) is 19.0 Å². The van der Waals surface area contributed by atoms with Crippen molar-refractivity contribution in [2.75, 3.05) is 38.5 Å². The number of carbonyl (C=O) groups excluding carboxylic acids is 1. The molecule has 6 nitrogen and oxygen atoms in total. The number of carbonyl (C=O) groups is 1. The number of benzene rings is 3. The Morgan fingerprint density at radius 1 is 1.00 bits per heavy atom. The van der Waals surface area contributed by atoms with Gasteiger partial charge in [-0.05, 0) is 82.1 Å². The minimum atomic E-state index is -0.140. The second-order valence-electron chi connectivity index (χ2n) is 12.0. The van der Waals surface area contributed by atoms with Crippen molar-refractivity contribution in [1.29, 1.82) is 0 Å². The highest BCUT2D eigenvalue weighted by molar-refractivity contribution is 6.04. The van der Waals surface area contributed by atoms with E-state index in [1.54, 1.807) is 6.34 Å². The van der Waals surface area contributed by atoms with E-state index < -0.39 is 0 Å². The maximum atomic E-state index is 13.3. The Labute approximate surface area is 237 Å². The van der Waals surface area contributed by atoms with E-state index in [1.807, 2.05) is 47.9 Å². The predicted octanol–water partition coefficient (Wildman–Crippen LogP) is 2.83. The molecule has 2 aliphatic rings. The molecule has 2 aliphatic heterocycles. The summed E-state index contributed by atoms with van der Waals surface area (Å²) in [5.74, 6) is 3.10. The molecule has 0 aromatic heterocycles. The van der Waals surface area contributed by atoms with Crippen LogP contribution in [0.1, 0.15) is 58.9 Å². The van der Waals surface area contributed by atoms with Gasteiger partial charge in [0.25, 0.3) is 5.91 Å². The molecule has 1 fully saturated rings. The fourth-order valence-corrected chi connectivity index (χ4v) is 5.17. The van der Waals surface area contributed by atoms with Crippen LogP contribution in [0.25, 0.3) is 0 Å². The van der Waals surface area contributed by atoms with Crippen LogP contribution in [0.4, 0.5) is 5.69 Å². The lowest BCUT2D eigenvalue weighted by atomic mass is 9.83. The lowest BCUT2D eigenvalue weighted by Gasteiger charge is -2.34. The van der Waals surface area contributed by atoms with Crippen LogP contribution in [0.15, 0.2) is 54.6 Å². The third-order valence-electron chi connectivity index (χ3n) is 7.68. The molecule has 0 saturated carbocycles. The number of hydrogen-bond donors (Lipinski definition) is 1. The molecule has 6 heteroatoms. The zero-order valence-corrected chi connectivity index (χ0v) is 24.5. The highest BCUT2D eigenvalue weighted by atomic mass is 16.1. The second-order valence-corrected chi connectivity index (χ2v) is 12.0. The zero-order valence-electron chi connectivity index (χ0n) is 24.5. The molecule has 0 atom stereocenters. The molecule has 3 aromatic rings. The molecular weight excluding hydrogens is 494 g/mol. The summed E-state index contributed by atoms with van der Waals surface area (Å²) in [5, 5.41) is 5.02. The number of aryl methyl sites for hydroxylation is 2. The average Bonchev–Trinajstić information content (AvgIpc) is 3.31. The zero-order chi connectivity index (χ0) is 28.4. The summed E-state index contributed by atoms with van der Waals surface area (Å²) in [6.45, 7) is 16.0. The van der Waals surface area contributed by atoms with Gasteiger partial charge in [-0.15, -0.1) is 0 Å². The van der Waals surface area contributed by atoms with E-state index in [4.69, 9.17) is 0 Å². The molecule has 5 rings (SSSR count). The van der Waals surface area contributed by atoms with Gasteiger partial charge >= 0.3 is 17.1 Å². The molecule has 0 bridgehead atoms. The van der Waals surface area contributed by atoms with Crippen LogP contribution in [-0.4, -0.2) is 55.3 Å². The van der Waals surface area contributed by atoms with E-state index in [2.05, 4.69) is 84.7 Å². The number of fused-ring (bicyclic) bond motifs is 1. The maximum Gasteiger partial charge on any atom is 0.537 e. The SMILES string of the molecule is Cc1ccc2c(c1)=[N+]=C[N+]=2C#Cc1cc(C(=O)Nc2ccc(CN3CCN(C)CC3)c(C(C)(C)C)c2)ccc1C. The van der Waals surface area contributed by atoms with Gasteiger partial charge < -0.3 is 10.2 Å². The van der Waals surface area contributed by atoms with Crippen molar-refractivity contribution in [2.45, 2.75) is 46.6 Å². The van der Waals surface area contributed by atoms with Crippen LogP contribution < -0.4 is 25.3 Å². The number of anilines is 1. The average molecular weight is 534 g/mol. The summed E-state index contributed by atoms with van der Waals surface area (Å²) in [5.41, 5.74) is 6.95. The van der Waals surface area contributed by atoms with E-state index in [-0.39, 0.29) is 11.3 Å². The molecule has 1 N–H and O–H groups in total. The molecule has 1 amide bonds. The molecule has 1 saturated heterocycles. The van der Waals surface area contributed by atoms with Gasteiger partial charge in [0.1, 0.15) is 0 Å². The van der Waals surface area contributed by atoms with Gasteiger partial charge in [0.05, 0.1) is 0 Å². The highest BCUT2D eigenvalue weighted by Crippen LogP contribution is 2.30. The lowest BCUT2D eigenvalue weighted by Crippen LogP contribution is -2.44. The molecule has 40 heavy (non-hydrogen) atoms. The van der Waals surface area contributed by atoms with Gasteiger partial charge in [0, 0.05) is 67.6 Å². The molecule has 0 radical (unpaired) electrons. The van der Waals surface area contributed by atoms with Gasteiger partial charge in [0.15, 0.2) is 0 Å². The first kappa shape index (κ1) is 27.6. The summed E-state index contributed by atoms with van der Waals surface area (Å²) in [4.78, 5) is 18.2. The number of likely N-dealkylation sites (N-methyl/N-ethyl adjacent to an activating group) is 1. The summed E-state index contributed by atoms with van der Waals surface area (Å²) < 4.78 is 6.30. The standard InChI is InChI=1S/C34H38N5O/c1-24-7-12-32-31(19-24)35-23-39(32)14-13-26-20-27(9-8-25(26)2)33(40)36-29-11-10-28(30(21-29)34(3,4)5)22-38-17-15-37(6)16-18-38/h7-12,19-21,23H,15-18,22H2,1-6H3/q+1/p+1. The Balaban J connectivity index is 1.36. The Kier molecular flexibility index (Phi) is 7.74. The second kappa shape index (κ2) is 11.2. The Hall–Kier alpha value is -4.01. The normalized spacial score (nSPS) is 15.3. The summed E-state index contributed by atoms with van der Waals surface area (Å²) in [7, 11) is 2.18. The van der Waals surface area contributed by atoms with Crippen molar-refractivity contribution in [3.05, 3.63) is 98.7 Å². The molecular formula is C34H39N5O+2. The third-order valence-corrected chi connectivity index (χ3v) is 7.68. The fraction of sp³-hybridized carbons (Fsp3) is 0.353. The van der Waals surface area contributed by atoms with Gasteiger partial charge in [-0.25, -0.2) is 0 Å². The van der Waals surface area contributed by atoms with Crippen LogP contribution in [0, 0.1) is 25.8 Å². The third kappa shape index (κ3) is 6.24. The smallest absolute Gasteiger partial charge is 0.322 e. The predicted molar refractivity (Wildman–Crippen MR) is 163 cm³/mol. The molecule has 0 unspecified atom stereocenters. The lowest BCUT2D eigenvalue weighted by molar-refractivity contribution is 0.102. The van der Waals surface area contributed by atoms with E-state index >= 15 is 0 Å². The van der Waals surface area contributed by atoms with Crippen molar-refractivity contribution in [2.24, 2.45) is 0 Å². The van der Waals surface area contributed by atoms with E-state index in [1.165, 1.54) is 16.7 Å². The summed E-state index contributed by atoms with van der Waals surface area (Å²) in [6, 6.07) is 21.4. The first-order valence-corrected chi connectivity index (χ1v) is 14.0. The molecule has 3 aromatic carbocycles. The van der Waals surface area contributed by atoms with Crippen LogP contribution in [-0.2, 0) is 12.0 Å².